The molecule has 2 N–H and O–H groups in total. The lowest BCUT2D eigenvalue weighted by Crippen LogP contribution is -2.34. The van der Waals surface area contributed by atoms with Gasteiger partial charge in [0.2, 0.25) is 0 Å². The molecule has 1 aromatic heterocycles. The van der Waals surface area contributed by atoms with Crippen molar-refractivity contribution >= 4 is 0 Å². The standard InChI is InChI=1S/C11H19N3/c1-10(12)9-14(2)8-5-11-3-6-13-7-4-11/h3-4,6-7,10H,5,8-9,12H2,1-2H3. The minimum atomic E-state index is 0.248. The first kappa shape index (κ1) is 11.1. The van der Waals surface area contributed by atoms with Crippen LogP contribution in [0.25, 0.3) is 0 Å². The third kappa shape index (κ3) is 4.35. The average molecular weight is 193 g/mol. The zero-order chi connectivity index (χ0) is 10.4. The van der Waals surface area contributed by atoms with Crippen molar-refractivity contribution in [1.29, 1.82) is 0 Å². The van der Waals surface area contributed by atoms with Gasteiger partial charge in [-0.2, -0.15) is 0 Å². The van der Waals surface area contributed by atoms with Crippen LogP contribution >= 0.6 is 0 Å². The Morgan fingerprint density at radius 2 is 2.07 bits per heavy atom. The molecule has 3 nitrogen and oxygen atoms in total. The second-order valence-corrected chi connectivity index (χ2v) is 3.84. The molecule has 0 aliphatic rings. The first-order chi connectivity index (χ1) is 6.68. The first-order valence-electron chi connectivity index (χ1n) is 5.01. The van der Waals surface area contributed by atoms with Crippen molar-refractivity contribution in [3.05, 3.63) is 30.1 Å². The van der Waals surface area contributed by atoms with E-state index in [0.29, 0.717) is 0 Å². The fourth-order valence-electron chi connectivity index (χ4n) is 1.45. The summed E-state index contributed by atoms with van der Waals surface area (Å²) in [5.41, 5.74) is 7.04. The minimum Gasteiger partial charge on any atom is -0.327 e. The van der Waals surface area contributed by atoms with E-state index >= 15 is 0 Å². The van der Waals surface area contributed by atoms with Crippen molar-refractivity contribution in [2.45, 2.75) is 19.4 Å². The maximum atomic E-state index is 5.71. The molecule has 0 saturated carbocycles. The lowest BCUT2D eigenvalue weighted by atomic mass is 10.2. The highest BCUT2D eigenvalue weighted by molar-refractivity contribution is 5.09. The van der Waals surface area contributed by atoms with Gasteiger partial charge in [0.05, 0.1) is 0 Å². The predicted octanol–water partition coefficient (Wildman–Crippen LogP) is 0.903. The van der Waals surface area contributed by atoms with Gasteiger partial charge in [-0.1, -0.05) is 0 Å². The first-order valence-corrected chi connectivity index (χ1v) is 5.01. The predicted molar refractivity (Wildman–Crippen MR) is 59.1 cm³/mol. The van der Waals surface area contributed by atoms with Crippen LogP contribution in [-0.4, -0.2) is 36.1 Å². The normalized spacial score (nSPS) is 13.1. The molecule has 1 heterocycles. The van der Waals surface area contributed by atoms with Crippen LogP contribution in [0.4, 0.5) is 0 Å². The fourth-order valence-corrected chi connectivity index (χ4v) is 1.45. The van der Waals surface area contributed by atoms with Crippen molar-refractivity contribution < 1.29 is 0 Å². The van der Waals surface area contributed by atoms with Crippen LogP contribution in [0.15, 0.2) is 24.5 Å². The number of hydrogen-bond acceptors (Lipinski definition) is 3. The molecule has 0 fully saturated rings. The van der Waals surface area contributed by atoms with E-state index in [-0.39, 0.29) is 6.04 Å². The second-order valence-electron chi connectivity index (χ2n) is 3.84. The molecule has 0 aliphatic heterocycles. The van der Waals surface area contributed by atoms with Gasteiger partial charge in [0.15, 0.2) is 0 Å². The molecule has 1 atom stereocenters. The lowest BCUT2D eigenvalue weighted by Gasteiger charge is -2.18. The Labute approximate surface area is 85.9 Å². The summed E-state index contributed by atoms with van der Waals surface area (Å²) in [6.45, 7) is 4.03. The summed E-state index contributed by atoms with van der Waals surface area (Å²) in [5.74, 6) is 0. The van der Waals surface area contributed by atoms with Gasteiger partial charge in [-0.15, -0.1) is 0 Å². The fraction of sp³-hybridized carbons (Fsp3) is 0.545. The topological polar surface area (TPSA) is 42.1 Å². The number of rotatable bonds is 5. The SMILES string of the molecule is CC(N)CN(C)CCc1ccncc1. The number of pyridine rings is 1. The Kier molecular flexibility index (Phi) is 4.56. The summed E-state index contributed by atoms with van der Waals surface area (Å²) in [5, 5.41) is 0. The third-order valence-corrected chi connectivity index (χ3v) is 2.13. The van der Waals surface area contributed by atoms with E-state index in [1.165, 1.54) is 5.56 Å². The molecular formula is C11H19N3. The van der Waals surface area contributed by atoms with E-state index in [1.807, 2.05) is 19.3 Å². The number of nitrogens with two attached hydrogens (primary N) is 1. The van der Waals surface area contributed by atoms with Crippen LogP contribution < -0.4 is 5.73 Å². The molecule has 1 rings (SSSR count). The van der Waals surface area contributed by atoms with E-state index in [9.17, 15) is 0 Å². The minimum absolute atomic E-state index is 0.248. The number of hydrogen-bond donors (Lipinski definition) is 1. The Bertz CT molecular complexity index is 246. The summed E-state index contributed by atoms with van der Waals surface area (Å²) in [7, 11) is 2.10. The summed E-state index contributed by atoms with van der Waals surface area (Å²) < 4.78 is 0. The van der Waals surface area contributed by atoms with Crippen molar-refractivity contribution in [2.75, 3.05) is 20.1 Å². The van der Waals surface area contributed by atoms with Crippen molar-refractivity contribution in [1.82, 2.24) is 9.88 Å². The van der Waals surface area contributed by atoms with Gasteiger partial charge in [0, 0.05) is 31.5 Å². The molecule has 1 unspecified atom stereocenters. The maximum absolute atomic E-state index is 5.71. The Balaban J connectivity index is 2.27. The Hall–Kier alpha value is -0.930. The van der Waals surface area contributed by atoms with Gasteiger partial charge in [0.25, 0.3) is 0 Å². The smallest absolute Gasteiger partial charge is 0.0270 e. The number of nitrogens with zero attached hydrogens (tertiary/aromatic N) is 2. The largest absolute Gasteiger partial charge is 0.327 e. The molecule has 14 heavy (non-hydrogen) atoms. The second kappa shape index (κ2) is 5.73. The third-order valence-electron chi connectivity index (χ3n) is 2.13. The molecular weight excluding hydrogens is 174 g/mol. The van der Waals surface area contributed by atoms with Crippen LogP contribution in [0.3, 0.4) is 0 Å². The molecule has 0 aliphatic carbocycles. The highest BCUT2D eigenvalue weighted by atomic mass is 15.1. The van der Waals surface area contributed by atoms with Gasteiger partial charge in [0.1, 0.15) is 0 Å². The highest BCUT2D eigenvalue weighted by Crippen LogP contribution is 1.98. The molecule has 0 bridgehead atoms. The summed E-state index contributed by atoms with van der Waals surface area (Å²) in [6.07, 6.45) is 4.73. The highest BCUT2D eigenvalue weighted by Gasteiger charge is 2.01. The van der Waals surface area contributed by atoms with Crippen molar-refractivity contribution in [3.8, 4) is 0 Å². The van der Waals surface area contributed by atoms with Crippen molar-refractivity contribution in [3.63, 3.8) is 0 Å². The van der Waals surface area contributed by atoms with Gasteiger partial charge < -0.3 is 10.6 Å². The molecule has 3 heteroatoms. The molecule has 78 valence electrons. The van der Waals surface area contributed by atoms with Crippen LogP contribution in [0.1, 0.15) is 12.5 Å². The molecule has 0 spiro atoms. The van der Waals surface area contributed by atoms with Crippen LogP contribution in [0.2, 0.25) is 0 Å². The van der Waals surface area contributed by atoms with E-state index in [2.05, 4.69) is 29.1 Å². The van der Waals surface area contributed by atoms with E-state index in [0.717, 1.165) is 19.5 Å². The molecule has 1 aromatic rings. The van der Waals surface area contributed by atoms with Crippen LogP contribution in [0, 0.1) is 0 Å². The Morgan fingerprint density at radius 3 is 2.64 bits per heavy atom. The van der Waals surface area contributed by atoms with Gasteiger partial charge >= 0.3 is 0 Å². The summed E-state index contributed by atoms with van der Waals surface area (Å²) in [6, 6.07) is 4.36. The molecule has 0 aromatic carbocycles. The van der Waals surface area contributed by atoms with Crippen LogP contribution in [0.5, 0.6) is 0 Å². The molecule has 0 radical (unpaired) electrons. The summed E-state index contributed by atoms with van der Waals surface area (Å²) >= 11 is 0. The number of aromatic nitrogens is 1. The molecule has 0 saturated heterocycles. The number of likely N-dealkylation sites (N-methyl/N-ethyl adjacent to an activating group) is 1. The van der Waals surface area contributed by atoms with E-state index in [4.69, 9.17) is 5.73 Å². The quantitative estimate of drug-likeness (QED) is 0.755. The monoisotopic (exact) mass is 193 g/mol. The van der Waals surface area contributed by atoms with Gasteiger partial charge in [-0.25, -0.2) is 0 Å². The van der Waals surface area contributed by atoms with E-state index < -0.39 is 0 Å². The molecule has 0 amide bonds. The zero-order valence-corrected chi connectivity index (χ0v) is 8.98. The van der Waals surface area contributed by atoms with E-state index in [1.54, 1.807) is 0 Å². The zero-order valence-electron chi connectivity index (χ0n) is 8.98. The average Bonchev–Trinajstić information content (AvgIpc) is 2.15. The van der Waals surface area contributed by atoms with Crippen LogP contribution in [-0.2, 0) is 6.42 Å². The van der Waals surface area contributed by atoms with Gasteiger partial charge in [-0.3, -0.25) is 4.98 Å². The van der Waals surface area contributed by atoms with Crippen molar-refractivity contribution in [2.24, 2.45) is 5.73 Å². The van der Waals surface area contributed by atoms with Gasteiger partial charge in [-0.05, 0) is 38.1 Å². The maximum Gasteiger partial charge on any atom is 0.0270 e. The summed E-state index contributed by atoms with van der Waals surface area (Å²) in [4.78, 5) is 6.24. The Morgan fingerprint density at radius 1 is 1.43 bits per heavy atom. The lowest BCUT2D eigenvalue weighted by molar-refractivity contribution is 0.321.